The molecule has 2 aromatic carbocycles. The van der Waals surface area contributed by atoms with Crippen LogP contribution in [0.25, 0.3) is 0 Å². The lowest BCUT2D eigenvalue weighted by atomic mass is 9.89. The summed E-state index contributed by atoms with van der Waals surface area (Å²) in [7, 11) is 0. The van der Waals surface area contributed by atoms with Gasteiger partial charge in [0, 0.05) is 0 Å². The first-order valence-electron chi connectivity index (χ1n) is 11.3. The fraction of sp³-hybridized carbons (Fsp3) is 0.423. The fourth-order valence-corrected chi connectivity index (χ4v) is 4.01. The van der Waals surface area contributed by atoms with Crippen LogP contribution in [0.1, 0.15) is 51.3 Å². The molecule has 1 fully saturated rings. The topological polar surface area (TPSA) is 84.9 Å². The van der Waals surface area contributed by atoms with E-state index in [9.17, 15) is 14.4 Å². The molecular weight excluding hydrogens is 420 g/mol. The quantitative estimate of drug-likeness (QED) is 0.648. The van der Waals surface area contributed by atoms with Crippen LogP contribution in [0.3, 0.4) is 0 Å². The molecule has 0 saturated carbocycles. The number of hydrogen-bond acceptors (Lipinski definition) is 5. The summed E-state index contributed by atoms with van der Waals surface area (Å²) >= 11 is 0. The molecule has 0 unspecified atom stereocenters. The van der Waals surface area contributed by atoms with Gasteiger partial charge in [-0.25, -0.2) is 14.5 Å². The smallest absolute Gasteiger partial charge is 0.416 e. The van der Waals surface area contributed by atoms with E-state index >= 15 is 0 Å². The summed E-state index contributed by atoms with van der Waals surface area (Å²) in [6, 6.07) is 17.9. The van der Waals surface area contributed by atoms with Crippen molar-refractivity contribution in [2.75, 3.05) is 6.61 Å². The first-order valence-corrected chi connectivity index (χ1v) is 11.3. The third kappa shape index (κ3) is 6.34. The summed E-state index contributed by atoms with van der Waals surface area (Å²) in [5.41, 5.74) is 1.09. The van der Waals surface area contributed by atoms with Crippen molar-refractivity contribution in [2.45, 2.75) is 58.2 Å². The number of alkyl carbamates (subject to hydrolysis) is 1. The van der Waals surface area contributed by atoms with Crippen LogP contribution in [-0.4, -0.2) is 41.2 Å². The Kier molecular flexibility index (Phi) is 7.74. The Morgan fingerprint density at radius 1 is 1.09 bits per heavy atom. The average Bonchev–Trinajstić information content (AvgIpc) is 3.13. The monoisotopic (exact) mass is 452 g/mol. The van der Waals surface area contributed by atoms with Gasteiger partial charge in [-0.1, -0.05) is 67.6 Å². The van der Waals surface area contributed by atoms with E-state index in [0.717, 1.165) is 11.1 Å². The normalized spacial score (nSPS) is 17.8. The maximum atomic E-state index is 13.7. The van der Waals surface area contributed by atoms with E-state index < -0.39 is 35.8 Å². The molecule has 176 valence electrons. The molecule has 1 aliphatic heterocycles. The Morgan fingerprint density at radius 3 is 2.27 bits per heavy atom. The van der Waals surface area contributed by atoms with Gasteiger partial charge in [0.1, 0.15) is 12.2 Å². The number of carbonyl (C=O) groups excluding carboxylic acids is 3. The van der Waals surface area contributed by atoms with Crippen molar-refractivity contribution in [1.29, 1.82) is 0 Å². The number of nitrogens with zero attached hydrogens (tertiary/aromatic N) is 1. The summed E-state index contributed by atoms with van der Waals surface area (Å²) in [6.45, 7) is 7.34. The number of hydrogen-bond donors (Lipinski definition) is 1. The number of cyclic esters (lactones) is 1. The van der Waals surface area contributed by atoms with Crippen molar-refractivity contribution in [2.24, 2.45) is 5.92 Å². The van der Waals surface area contributed by atoms with Crippen LogP contribution in [0.15, 0.2) is 60.7 Å². The second kappa shape index (κ2) is 10.5. The van der Waals surface area contributed by atoms with Crippen LogP contribution >= 0.6 is 0 Å². The second-order valence-electron chi connectivity index (χ2n) is 9.18. The number of amides is 3. The van der Waals surface area contributed by atoms with Crippen molar-refractivity contribution in [3.8, 4) is 0 Å². The first-order chi connectivity index (χ1) is 15.7. The molecule has 1 saturated heterocycles. The van der Waals surface area contributed by atoms with E-state index in [2.05, 4.69) is 5.32 Å². The summed E-state index contributed by atoms with van der Waals surface area (Å²) < 4.78 is 10.7. The highest BCUT2D eigenvalue weighted by Gasteiger charge is 2.43. The van der Waals surface area contributed by atoms with Crippen LogP contribution in [0, 0.1) is 5.92 Å². The van der Waals surface area contributed by atoms with E-state index in [1.807, 2.05) is 67.6 Å². The lowest BCUT2D eigenvalue weighted by molar-refractivity contribution is -0.134. The first kappa shape index (κ1) is 24.3. The van der Waals surface area contributed by atoms with Gasteiger partial charge in [0.2, 0.25) is 5.91 Å². The van der Waals surface area contributed by atoms with Crippen LogP contribution in [-0.2, 0) is 20.7 Å². The number of ether oxygens (including phenoxy) is 2. The van der Waals surface area contributed by atoms with E-state index in [-0.39, 0.29) is 12.5 Å². The highest BCUT2D eigenvalue weighted by molar-refractivity contribution is 5.95. The fourth-order valence-electron chi connectivity index (χ4n) is 4.01. The van der Waals surface area contributed by atoms with Gasteiger partial charge in [-0.3, -0.25) is 4.79 Å². The number of rotatable bonds is 7. The Labute approximate surface area is 195 Å². The van der Waals surface area contributed by atoms with Crippen molar-refractivity contribution < 1.29 is 23.9 Å². The summed E-state index contributed by atoms with van der Waals surface area (Å²) in [6.07, 6.45) is -0.351. The molecule has 1 heterocycles. The zero-order chi connectivity index (χ0) is 24.0. The van der Waals surface area contributed by atoms with Gasteiger partial charge in [0.05, 0.1) is 18.0 Å². The van der Waals surface area contributed by atoms with Gasteiger partial charge in [-0.05, 0) is 44.7 Å². The van der Waals surface area contributed by atoms with Gasteiger partial charge in [-0.2, -0.15) is 0 Å². The molecule has 2 aromatic rings. The maximum absolute atomic E-state index is 13.7. The predicted octanol–water partition coefficient (Wildman–Crippen LogP) is 4.87. The minimum Gasteiger partial charge on any atom is -0.447 e. The van der Waals surface area contributed by atoms with E-state index in [1.54, 1.807) is 20.8 Å². The molecule has 1 aliphatic rings. The number of benzene rings is 2. The average molecular weight is 453 g/mol. The van der Waals surface area contributed by atoms with Gasteiger partial charge in [0.25, 0.3) is 0 Å². The minimum absolute atomic E-state index is 0.144. The molecule has 3 atom stereocenters. The molecule has 0 aliphatic carbocycles. The van der Waals surface area contributed by atoms with Gasteiger partial charge in [0.15, 0.2) is 0 Å². The third-order valence-electron chi connectivity index (χ3n) is 5.50. The molecule has 0 spiro atoms. The van der Waals surface area contributed by atoms with Gasteiger partial charge in [-0.15, -0.1) is 0 Å². The zero-order valence-electron chi connectivity index (χ0n) is 19.6. The van der Waals surface area contributed by atoms with Crippen molar-refractivity contribution in [1.82, 2.24) is 10.2 Å². The number of imide groups is 1. The standard InChI is InChI=1S/C26H32N2O5/c1-5-21(22(19-14-10-7-11-15-19)27-24(30)33-26(2,3)4)23(29)28-20(17-32-25(28)31)16-18-12-8-6-9-13-18/h6-15,20-22H,5,16-17H2,1-4H3,(H,27,30)/t20-,21+,22-/m0/s1. The lowest BCUT2D eigenvalue weighted by Gasteiger charge is -2.31. The van der Waals surface area contributed by atoms with Gasteiger partial charge < -0.3 is 14.8 Å². The molecule has 0 bridgehead atoms. The van der Waals surface area contributed by atoms with Crippen LogP contribution < -0.4 is 5.32 Å². The van der Waals surface area contributed by atoms with Crippen molar-refractivity contribution in [3.05, 3.63) is 71.8 Å². The van der Waals surface area contributed by atoms with Crippen LogP contribution in [0.4, 0.5) is 9.59 Å². The third-order valence-corrected chi connectivity index (χ3v) is 5.50. The molecule has 0 radical (unpaired) electrons. The van der Waals surface area contributed by atoms with Crippen LogP contribution in [0.2, 0.25) is 0 Å². The molecule has 1 N–H and O–H groups in total. The van der Waals surface area contributed by atoms with Crippen molar-refractivity contribution >= 4 is 18.1 Å². The molecule has 0 aromatic heterocycles. The minimum atomic E-state index is -0.684. The lowest BCUT2D eigenvalue weighted by Crippen LogP contribution is -2.48. The molecule has 7 heteroatoms. The second-order valence-corrected chi connectivity index (χ2v) is 9.18. The van der Waals surface area contributed by atoms with Crippen LogP contribution in [0.5, 0.6) is 0 Å². The summed E-state index contributed by atoms with van der Waals surface area (Å²) in [4.78, 5) is 40.1. The molecular formula is C26H32N2O5. The SMILES string of the molecule is CC[C@@H](C(=O)N1C(=O)OC[C@@H]1Cc1ccccc1)[C@@H](NC(=O)OC(C)(C)C)c1ccccc1. The summed E-state index contributed by atoms with van der Waals surface area (Å²) in [5, 5.41) is 2.86. The number of nitrogens with one attached hydrogen (secondary N) is 1. The maximum Gasteiger partial charge on any atom is 0.416 e. The van der Waals surface area contributed by atoms with Gasteiger partial charge >= 0.3 is 12.2 Å². The van der Waals surface area contributed by atoms with Crippen molar-refractivity contribution in [3.63, 3.8) is 0 Å². The Morgan fingerprint density at radius 2 is 1.70 bits per heavy atom. The predicted molar refractivity (Wildman–Crippen MR) is 124 cm³/mol. The molecule has 7 nitrogen and oxygen atoms in total. The zero-order valence-corrected chi connectivity index (χ0v) is 19.6. The molecule has 3 amide bonds. The largest absolute Gasteiger partial charge is 0.447 e. The van der Waals surface area contributed by atoms with E-state index in [0.29, 0.717) is 12.8 Å². The molecule has 33 heavy (non-hydrogen) atoms. The highest BCUT2D eigenvalue weighted by atomic mass is 16.6. The highest BCUT2D eigenvalue weighted by Crippen LogP contribution is 2.30. The Balaban J connectivity index is 1.87. The Bertz CT molecular complexity index is 956. The number of carbonyl (C=O) groups is 3. The van der Waals surface area contributed by atoms with E-state index in [1.165, 1.54) is 4.90 Å². The summed E-state index contributed by atoms with van der Waals surface area (Å²) in [5.74, 6) is -1.05. The molecule has 3 rings (SSSR count). The Hall–Kier alpha value is -3.35. The van der Waals surface area contributed by atoms with E-state index in [4.69, 9.17) is 9.47 Å².